The predicted octanol–water partition coefficient (Wildman–Crippen LogP) is 4.95. The van der Waals surface area contributed by atoms with Gasteiger partial charge in [-0.2, -0.15) is 0 Å². The van der Waals surface area contributed by atoms with Crippen molar-refractivity contribution in [2.75, 3.05) is 13.1 Å². The molecule has 0 bridgehead atoms. The predicted molar refractivity (Wildman–Crippen MR) is 95.1 cm³/mol. The minimum atomic E-state index is 0.305. The fourth-order valence-electron chi connectivity index (χ4n) is 4.46. The van der Waals surface area contributed by atoms with E-state index in [1.807, 2.05) is 0 Å². The Kier molecular flexibility index (Phi) is 4.54. The fraction of sp³-hybridized carbons (Fsp3) is 0.524. The van der Waals surface area contributed by atoms with Gasteiger partial charge >= 0.3 is 0 Å². The Morgan fingerprint density at radius 3 is 2.73 bits per heavy atom. The van der Waals surface area contributed by atoms with Crippen molar-refractivity contribution >= 4 is 0 Å². The van der Waals surface area contributed by atoms with E-state index in [4.69, 9.17) is 0 Å². The van der Waals surface area contributed by atoms with Gasteiger partial charge < -0.3 is 0 Å². The van der Waals surface area contributed by atoms with Gasteiger partial charge in [0.2, 0.25) is 0 Å². The van der Waals surface area contributed by atoms with Crippen molar-refractivity contribution in [3.8, 4) is 0 Å². The van der Waals surface area contributed by atoms with Crippen molar-refractivity contribution in [3.63, 3.8) is 0 Å². The minimum Gasteiger partial charge on any atom is -0.291 e. The SMILES string of the molecule is C=CCN1C/C(=C/CCCCC)[C@H]2[C@@H]1C2(C)c1ccccc1. The summed E-state index contributed by atoms with van der Waals surface area (Å²) in [6.45, 7) is 10.8. The fourth-order valence-corrected chi connectivity index (χ4v) is 4.46. The third-order valence-electron chi connectivity index (χ3n) is 5.62. The zero-order valence-corrected chi connectivity index (χ0v) is 14.1. The second-order valence-electron chi connectivity index (χ2n) is 7.06. The van der Waals surface area contributed by atoms with Crippen LogP contribution < -0.4 is 0 Å². The smallest absolute Gasteiger partial charge is 0.0278 e. The van der Waals surface area contributed by atoms with Gasteiger partial charge in [0.15, 0.2) is 0 Å². The molecule has 0 amide bonds. The first-order valence-electron chi connectivity index (χ1n) is 8.82. The van der Waals surface area contributed by atoms with Gasteiger partial charge in [-0.3, -0.25) is 4.90 Å². The van der Waals surface area contributed by atoms with Gasteiger partial charge in [0, 0.05) is 30.5 Å². The van der Waals surface area contributed by atoms with E-state index in [1.165, 1.54) is 31.2 Å². The van der Waals surface area contributed by atoms with E-state index in [0.29, 0.717) is 11.5 Å². The average Bonchev–Trinajstić information content (AvgIpc) is 3.00. The number of fused-ring (bicyclic) bond motifs is 1. The first kappa shape index (κ1) is 15.6. The summed E-state index contributed by atoms with van der Waals surface area (Å²) in [6, 6.07) is 11.8. The Labute approximate surface area is 135 Å². The summed E-state index contributed by atoms with van der Waals surface area (Å²) in [5, 5.41) is 0. The average molecular weight is 295 g/mol. The first-order valence-corrected chi connectivity index (χ1v) is 8.82. The van der Waals surface area contributed by atoms with Crippen LogP contribution in [0.3, 0.4) is 0 Å². The second kappa shape index (κ2) is 6.42. The summed E-state index contributed by atoms with van der Waals surface area (Å²) in [7, 11) is 0. The summed E-state index contributed by atoms with van der Waals surface area (Å²) in [4.78, 5) is 2.62. The zero-order valence-electron chi connectivity index (χ0n) is 14.1. The number of benzene rings is 1. The molecule has 3 atom stereocenters. The van der Waals surface area contributed by atoms with E-state index in [0.717, 1.165) is 19.0 Å². The summed E-state index contributed by atoms with van der Waals surface area (Å²) >= 11 is 0. The van der Waals surface area contributed by atoms with Gasteiger partial charge in [0.05, 0.1) is 0 Å². The van der Waals surface area contributed by atoms with Crippen LogP contribution in [0.1, 0.15) is 45.1 Å². The third kappa shape index (κ3) is 2.56. The standard InChI is InChI=1S/C21H29N/c1-4-6-7-9-12-17-16-22(15-5-2)20-19(17)21(20,3)18-13-10-8-11-14-18/h5,8,10-14,19-20H,2,4,6-7,9,15-16H2,1,3H3/b17-12-/t19-,20+,21?/m0/s1. The van der Waals surface area contributed by atoms with Crippen molar-refractivity contribution in [1.29, 1.82) is 0 Å². The van der Waals surface area contributed by atoms with Gasteiger partial charge in [-0.1, -0.05) is 74.7 Å². The minimum absolute atomic E-state index is 0.305. The van der Waals surface area contributed by atoms with E-state index in [-0.39, 0.29) is 0 Å². The van der Waals surface area contributed by atoms with Crippen molar-refractivity contribution in [3.05, 3.63) is 60.2 Å². The maximum atomic E-state index is 3.95. The molecule has 1 aliphatic carbocycles. The number of hydrogen-bond donors (Lipinski definition) is 0. The molecule has 1 unspecified atom stereocenters. The monoisotopic (exact) mass is 295 g/mol. The van der Waals surface area contributed by atoms with Crippen molar-refractivity contribution in [2.24, 2.45) is 5.92 Å². The van der Waals surface area contributed by atoms with Gasteiger partial charge in [0.25, 0.3) is 0 Å². The maximum Gasteiger partial charge on any atom is 0.0278 e. The molecule has 1 aromatic rings. The number of nitrogens with zero attached hydrogens (tertiary/aromatic N) is 1. The molecule has 1 aromatic carbocycles. The lowest BCUT2D eigenvalue weighted by molar-refractivity contribution is 0.313. The number of rotatable bonds is 7. The Hall–Kier alpha value is -1.34. The molecule has 118 valence electrons. The largest absolute Gasteiger partial charge is 0.291 e. The lowest BCUT2D eigenvalue weighted by Gasteiger charge is -2.25. The lowest BCUT2D eigenvalue weighted by Crippen LogP contribution is -2.31. The Morgan fingerprint density at radius 2 is 2.05 bits per heavy atom. The Morgan fingerprint density at radius 1 is 1.27 bits per heavy atom. The molecule has 0 spiro atoms. The Balaban J connectivity index is 1.79. The molecule has 1 heterocycles. The highest BCUT2D eigenvalue weighted by molar-refractivity contribution is 5.48. The molecule has 0 radical (unpaired) electrons. The summed E-state index contributed by atoms with van der Waals surface area (Å²) in [5.41, 5.74) is 3.48. The molecule has 0 aromatic heterocycles. The van der Waals surface area contributed by atoms with Crippen LogP contribution in [-0.4, -0.2) is 24.0 Å². The van der Waals surface area contributed by atoms with Crippen molar-refractivity contribution in [2.45, 2.75) is 51.0 Å². The normalized spacial score (nSPS) is 32.2. The van der Waals surface area contributed by atoms with E-state index >= 15 is 0 Å². The summed E-state index contributed by atoms with van der Waals surface area (Å²) < 4.78 is 0. The molecular formula is C21H29N. The number of piperidine rings is 1. The molecule has 0 N–H and O–H groups in total. The highest BCUT2D eigenvalue weighted by atomic mass is 15.3. The van der Waals surface area contributed by atoms with Gasteiger partial charge in [-0.25, -0.2) is 0 Å². The van der Waals surface area contributed by atoms with E-state index < -0.39 is 0 Å². The number of likely N-dealkylation sites (tertiary alicyclic amines) is 1. The van der Waals surface area contributed by atoms with Crippen molar-refractivity contribution in [1.82, 2.24) is 4.90 Å². The van der Waals surface area contributed by atoms with Crippen molar-refractivity contribution < 1.29 is 0 Å². The van der Waals surface area contributed by atoms with Crippen LogP contribution in [0.2, 0.25) is 0 Å². The lowest BCUT2D eigenvalue weighted by atomic mass is 9.90. The van der Waals surface area contributed by atoms with Gasteiger partial charge in [0.1, 0.15) is 0 Å². The first-order chi connectivity index (χ1) is 10.7. The van der Waals surface area contributed by atoms with E-state index in [9.17, 15) is 0 Å². The van der Waals surface area contributed by atoms with Crippen LogP contribution in [0.5, 0.6) is 0 Å². The zero-order chi connectivity index (χ0) is 15.6. The quantitative estimate of drug-likeness (QED) is 0.508. The van der Waals surface area contributed by atoms with E-state index in [2.05, 4.69) is 67.8 Å². The molecule has 2 fully saturated rings. The van der Waals surface area contributed by atoms with Crippen LogP contribution in [-0.2, 0) is 5.41 Å². The van der Waals surface area contributed by atoms with Crippen LogP contribution in [0.15, 0.2) is 54.6 Å². The third-order valence-corrected chi connectivity index (χ3v) is 5.62. The molecule has 2 aliphatic rings. The van der Waals surface area contributed by atoms with Crippen LogP contribution in [0.25, 0.3) is 0 Å². The molecular weight excluding hydrogens is 266 g/mol. The molecule has 1 nitrogen and oxygen atoms in total. The second-order valence-corrected chi connectivity index (χ2v) is 7.06. The highest BCUT2D eigenvalue weighted by Crippen LogP contribution is 2.63. The number of allylic oxidation sites excluding steroid dienone is 1. The summed E-state index contributed by atoms with van der Waals surface area (Å²) in [5.74, 6) is 0.719. The molecule has 3 rings (SSSR count). The van der Waals surface area contributed by atoms with Gasteiger partial charge in [-0.15, -0.1) is 6.58 Å². The van der Waals surface area contributed by atoms with Crippen LogP contribution >= 0.6 is 0 Å². The molecule has 1 saturated carbocycles. The Bertz CT molecular complexity index is 544. The number of unbranched alkanes of at least 4 members (excludes halogenated alkanes) is 3. The van der Waals surface area contributed by atoms with Crippen LogP contribution in [0.4, 0.5) is 0 Å². The maximum absolute atomic E-state index is 3.95. The van der Waals surface area contributed by atoms with Crippen LogP contribution in [0, 0.1) is 5.92 Å². The molecule has 1 heteroatoms. The highest BCUT2D eigenvalue weighted by Gasteiger charge is 2.68. The molecule has 1 saturated heterocycles. The molecule has 1 aliphatic heterocycles. The topological polar surface area (TPSA) is 3.24 Å². The number of hydrogen-bond acceptors (Lipinski definition) is 1. The van der Waals surface area contributed by atoms with E-state index in [1.54, 1.807) is 5.57 Å². The molecule has 22 heavy (non-hydrogen) atoms. The van der Waals surface area contributed by atoms with Gasteiger partial charge in [-0.05, 0) is 18.4 Å². The summed E-state index contributed by atoms with van der Waals surface area (Å²) in [6.07, 6.45) is 9.84.